The molecule has 6 nitrogen and oxygen atoms in total. The molecule has 0 aliphatic carbocycles. The number of para-hydroxylation sites is 1. The fraction of sp³-hybridized carbons (Fsp3) is 0.263. The van der Waals surface area contributed by atoms with Crippen LogP contribution in [0.3, 0.4) is 0 Å². The number of hydrogen-bond donors (Lipinski definition) is 0. The highest BCUT2D eigenvalue weighted by Crippen LogP contribution is 2.37. The standard InChI is InChI=1S/C19H17ClN2O4S/c20-13-9-11-15(12-10-13)27(25,26)22-16-7-4-8-17(22)19(24)21(18(16)23)14-5-2-1-3-6-14/h1-3,5-6,9-12,16-17H,4,7-8H2. The molecule has 0 aromatic heterocycles. The van der Waals surface area contributed by atoms with Crippen molar-refractivity contribution < 1.29 is 18.0 Å². The molecule has 27 heavy (non-hydrogen) atoms. The molecule has 0 N–H and O–H groups in total. The summed E-state index contributed by atoms with van der Waals surface area (Å²) in [6.07, 6.45) is 1.40. The minimum absolute atomic E-state index is 0.0255. The van der Waals surface area contributed by atoms with Crippen LogP contribution >= 0.6 is 11.6 Å². The quantitative estimate of drug-likeness (QED) is 0.737. The Morgan fingerprint density at radius 1 is 0.852 bits per heavy atom. The number of piperazine rings is 1. The maximum absolute atomic E-state index is 13.2. The van der Waals surface area contributed by atoms with Crippen LogP contribution in [0.15, 0.2) is 59.5 Å². The van der Waals surface area contributed by atoms with Crippen molar-refractivity contribution in [3.8, 4) is 0 Å². The molecule has 0 saturated carbocycles. The van der Waals surface area contributed by atoms with E-state index in [1.54, 1.807) is 30.3 Å². The van der Waals surface area contributed by atoms with E-state index in [1.165, 1.54) is 24.3 Å². The van der Waals surface area contributed by atoms with Gasteiger partial charge in [0, 0.05) is 5.02 Å². The number of anilines is 1. The molecule has 2 aromatic rings. The fourth-order valence-electron chi connectivity index (χ4n) is 3.74. The minimum atomic E-state index is -4.00. The van der Waals surface area contributed by atoms with Gasteiger partial charge in [-0.3, -0.25) is 9.59 Å². The zero-order valence-corrected chi connectivity index (χ0v) is 15.9. The molecular weight excluding hydrogens is 388 g/mol. The third-order valence-corrected chi connectivity index (χ3v) is 7.17. The molecule has 2 unspecified atom stereocenters. The Bertz CT molecular complexity index is 968. The van der Waals surface area contributed by atoms with Crippen molar-refractivity contribution in [2.45, 2.75) is 36.2 Å². The second kappa shape index (κ2) is 6.74. The first-order chi connectivity index (χ1) is 12.9. The molecule has 2 atom stereocenters. The lowest BCUT2D eigenvalue weighted by atomic mass is 9.92. The molecular formula is C19H17ClN2O4S. The Balaban J connectivity index is 1.77. The average Bonchev–Trinajstić information content (AvgIpc) is 2.67. The monoisotopic (exact) mass is 404 g/mol. The van der Waals surface area contributed by atoms with Crippen LogP contribution in [0, 0.1) is 0 Å². The largest absolute Gasteiger partial charge is 0.272 e. The molecule has 0 spiro atoms. The zero-order valence-electron chi connectivity index (χ0n) is 14.3. The van der Waals surface area contributed by atoms with Gasteiger partial charge in [-0.2, -0.15) is 4.31 Å². The molecule has 2 aromatic carbocycles. The molecule has 2 bridgehead atoms. The number of nitrogens with zero attached hydrogens (tertiary/aromatic N) is 2. The van der Waals surface area contributed by atoms with Gasteiger partial charge in [-0.25, -0.2) is 13.3 Å². The third-order valence-electron chi connectivity index (χ3n) is 4.98. The third kappa shape index (κ3) is 2.96. The van der Waals surface area contributed by atoms with Crippen molar-refractivity contribution in [2.75, 3.05) is 4.90 Å². The molecule has 2 fully saturated rings. The molecule has 8 heteroatoms. The summed E-state index contributed by atoms with van der Waals surface area (Å²) in [6, 6.07) is 12.6. The molecule has 140 valence electrons. The van der Waals surface area contributed by atoms with E-state index in [1.807, 2.05) is 0 Å². The first kappa shape index (κ1) is 18.2. The topological polar surface area (TPSA) is 74.8 Å². The van der Waals surface area contributed by atoms with Crippen LogP contribution in [-0.2, 0) is 19.6 Å². The summed E-state index contributed by atoms with van der Waals surface area (Å²) in [4.78, 5) is 27.3. The van der Waals surface area contributed by atoms with Gasteiger partial charge in [0.1, 0.15) is 12.1 Å². The van der Waals surface area contributed by atoms with Crippen LogP contribution in [0.1, 0.15) is 19.3 Å². The molecule has 2 aliphatic rings. The zero-order chi connectivity index (χ0) is 19.2. The second-order valence-electron chi connectivity index (χ2n) is 6.60. The lowest BCUT2D eigenvalue weighted by molar-refractivity contribution is -0.138. The van der Waals surface area contributed by atoms with Crippen LogP contribution < -0.4 is 4.90 Å². The predicted octanol–water partition coefficient (Wildman–Crippen LogP) is 2.83. The molecule has 2 heterocycles. The average molecular weight is 405 g/mol. The highest BCUT2D eigenvalue weighted by Gasteiger charge is 2.53. The van der Waals surface area contributed by atoms with Crippen molar-refractivity contribution in [1.29, 1.82) is 0 Å². The van der Waals surface area contributed by atoms with Crippen LogP contribution in [0.25, 0.3) is 0 Å². The van der Waals surface area contributed by atoms with Gasteiger partial charge in [0.2, 0.25) is 10.0 Å². The summed E-state index contributed by atoms with van der Waals surface area (Å²) in [7, 11) is -4.00. The van der Waals surface area contributed by atoms with E-state index in [0.29, 0.717) is 30.0 Å². The van der Waals surface area contributed by atoms with Gasteiger partial charge in [-0.15, -0.1) is 0 Å². The number of halogens is 1. The first-order valence-corrected chi connectivity index (χ1v) is 10.4. The van der Waals surface area contributed by atoms with Gasteiger partial charge in [0.05, 0.1) is 10.6 Å². The summed E-state index contributed by atoms with van der Waals surface area (Å²) in [5.41, 5.74) is 0.466. The number of rotatable bonds is 3. The van der Waals surface area contributed by atoms with E-state index < -0.39 is 33.9 Å². The number of benzene rings is 2. The predicted molar refractivity (Wildman–Crippen MR) is 101 cm³/mol. The summed E-state index contributed by atoms with van der Waals surface area (Å²) in [5, 5.41) is 0.412. The summed E-state index contributed by atoms with van der Waals surface area (Å²) in [6.45, 7) is 0. The summed E-state index contributed by atoms with van der Waals surface area (Å²) < 4.78 is 27.5. The number of sulfonamides is 1. The van der Waals surface area contributed by atoms with Gasteiger partial charge in [-0.1, -0.05) is 29.8 Å². The molecule has 2 amide bonds. The first-order valence-electron chi connectivity index (χ1n) is 8.63. The molecule has 2 aliphatic heterocycles. The lowest BCUT2D eigenvalue weighted by Crippen LogP contribution is -2.68. The van der Waals surface area contributed by atoms with Crippen LogP contribution in [0.2, 0.25) is 5.02 Å². The minimum Gasteiger partial charge on any atom is -0.272 e. The van der Waals surface area contributed by atoms with Crippen molar-refractivity contribution >= 4 is 39.1 Å². The van der Waals surface area contributed by atoms with E-state index in [2.05, 4.69) is 0 Å². The van der Waals surface area contributed by atoms with Gasteiger partial charge in [0.15, 0.2) is 0 Å². The van der Waals surface area contributed by atoms with E-state index in [9.17, 15) is 18.0 Å². The highest BCUT2D eigenvalue weighted by atomic mass is 35.5. The van der Waals surface area contributed by atoms with E-state index >= 15 is 0 Å². The fourth-order valence-corrected chi connectivity index (χ4v) is 5.65. The number of amides is 2. The van der Waals surface area contributed by atoms with Gasteiger partial charge in [-0.05, 0) is 55.7 Å². The molecule has 2 saturated heterocycles. The number of imide groups is 1. The number of hydrogen-bond acceptors (Lipinski definition) is 4. The van der Waals surface area contributed by atoms with Crippen molar-refractivity contribution in [3.63, 3.8) is 0 Å². The second-order valence-corrected chi connectivity index (χ2v) is 8.88. The highest BCUT2D eigenvalue weighted by molar-refractivity contribution is 7.89. The number of carbonyl (C=O) groups is 2. The number of carbonyl (C=O) groups excluding carboxylic acids is 2. The van der Waals surface area contributed by atoms with Crippen molar-refractivity contribution in [1.82, 2.24) is 4.31 Å². The van der Waals surface area contributed by atoms with Crippen molar-refractivity contribution in [3.05, 3.63) is 59.6 Å². The number of piperidine rings is 1. The van der Waals surface area contributed by atoms with Crippen LogP contribution in [-0.4, -0.2) is 36.6 Å². The normalized spacial score (nSPS) is 23.5. The lowest BCUT2D eigenvalue weighted by Gasteiger charge is -2.46. The van der Waals surface area contributed by atoms with E-state index in [0.717, 1.165) is 9.21 Å². The maximum atomic E-state index is 13.2. The van der Waals surface area contributed by atoms with Crippen molar-refractivity contribution in [2.24, 2.45) is 0 Å². The van der Waals surface area contributed by atoms with E-state index in [-0.39, 0.29) is 4.90 Å². The van der Waals surface area contributed by atoms with Gasteiger partial charge >= 0.3 is 0 Å². The summed E-state index contributed by atoms with van der Waals surface area (Å²) >= 11 is 5.85. The molecule has 0 radical (unpaired) electrons. The maximum Gasteiger partial charge on any atom is 0.252 e. The van der Waals surface area contributed by atoms with Gasteiger partial charge < -0.3 is 0 Å². The summed E-state index contributed by atoms with van der Waals surface area (Å²) in [5.74, 6) is -1.00. The number of fused-ring (bicyclic) bond motifs is 2. The van der Waals surface area contributed by atoms with Crippen LogP contribution in [0.4, 0.5) is 5.69 Å². The van der Waals surface area contributed by atoms with Crippen LogP contribution in [0.5, 0.6) is 0 Å². The van der Waals surface area contributed by atoms with E-state index in [4.69, 9.17) is 11.6 Å². The Labute approximate surface area is 162 Å². The Kier molecular flexibility index (Phi) is 4.53. The Hall–Kier alpha value is -2.22. The Morgan fingerprint density at radius 3 is 1.96 bits per heavy atom. The Morgan fingerprint density at radius 2 is 1.41 bits per heavy atom. The van der Waals surface area contributed by atoms with Gasteiger partial charge in [0.25, 0.3) is 11.8 Å². The SMILES string of the molecule is O=C1C2CCCC(C(=O)N1c1ccccc1)N2S(=O)(=O)c1ccc(Cl)cc1. The molecule has 4 rings (SSSR count). The smallest absolute Gasteiger partial charge is 0.252 e.